The number of aromatic nitrogens is 1. The van der Waals surface area contributed by atoms with Crippen LogP contribution in [0.15, 0.2) is 84.1 Å². The topological polar surface area (TPSA) is 72.4 Å². The van der Waals surface area contributed by atoms with Gasteiger partial charge in [0.15, 0.2) is 0 Å². The number of carbonyl (C=O) groups excluding carboxylic acids is 1. The van der Waals surface area contributed by atoms with Crippen LogP contribution in [0.25, 0.3) is 10.9 Å². The van der Waals surface area contributed by atoms with Gasteiger partial charge in [-0.25, -0.2) is 9.82 Å². The zero-order chi connectivity index (χ0) is 20.2. The van der Waals surface area contributed by atoms with Gasteiger partial charge in [0, 0.05) is 40.5 Å². The summed E-state index contributed by atoms with van der Waals surface area (Å²) in [6, 6.07) is 21.0. The summed E-state index contributed by atoms with van der Waals surface area (Å²) < 4.78 is 15.6. The van der Waals surface area contributed by atoms with E-state index in [4.69, 9.17) is 5.73 Å². The highest BCUT2D eigenvalue weighted by Gasteiger charge is 2.08. The lowest BCUT2D eigenvalue weighted by Gasteiger charge is -2.05. The molecule has 1 heterocycles. The molecular formula is C23H19FN4O. The van der Waals surface area contributed by atoms with Gasteiger partial charge in [-0.1, -0.05) is 30.3 Å². The largest absolute Gasteiger partial charge is 0.399 e. The number of carbonyl (C=O) groups is 1. The Labute approximate surface area is 167 Å². The maximum atomic E-state index is 13.5. The highest BCUT2D eigenvalue weighted by atomic mass is 19.1. The third-order valence-electron chi connectivity index (χ3n) is 4.60. The number of hydrogen-bond acceptors (Lipinski definition) is 3. The Morgan fingerprint density at radius 3 is 2.66 bits per heavy atom. The number of nitrogens with zero attached hydrogens (tertiary/aromatic N) is 2. The van der Waals surface area contributed by atoms with Crippen LogP contribution in [0.4, 0.5) is 10.1 Å². The minimum atomic E-state index is -0.315. The molecule has 4 rings (SSSR count). The van der Waals surface area contributed by atoms with Gasteiger partial charge in [0.25, 0.3) is 5.91 Å². The second-order valence-corrected chi connectivity index (χ2v) is 6.68. The number of halogens is 1. The van der Waals surface area contributed by atoms with Crippen LogP contribution < -0.4 is 11.2 Å². The number of nitrogens with two attached hydrogens (primary N) is 1. The first-order valence-corrected chi connectivity index (χ1v) is 9.11. The Bertz CT molecular complexity index is 1200. The molecule has 144 valence electrons. The molecule has 29 heavy (non-hydrogen) atoms. The summed E-state index contributed by atoms with van der Waals surface area (Å²) in [5, 5.41) is 5.09. The predicted molar refractivity (Wildman–Crippen MR) is 113 cm³/mol. The van der Waals surface area contributed by atoms with E-state index in [9.17, 15) is 9.18 Å². The lowest BCUT2D eigenvalue weighted by Crippen LogP contribution is -2.17. The maximum Gasteiger partial charge on any atom is 0.271 e. The second kappa shape index (κ2) is 7.98. The van der Waals surface area contributed by atoms with E-state index in [1.165, 1.54) is 12.1 Å². The molecule has 0 bridgehead atoms. The molecule has 3 N–H and O–H groups in total. The molecule has 4 aromatic rings. The van der Waals surface area contributed by atoms with E-state index in [2.05, 4.69) is 10.5 Å². The predicted octanol–water partition coefficient (Wildman–Crippen LogP) is 4.17. The molecule has 0 radical (unpaired) electrons. The Morgan fingerprint density at radius 2 is 1.86 bits per heavy atom. The van der Waals surface area contributed by atoms with Crippen molar-refractivity contribution in [2.45, 2.75) is 6.54 Å². The van der Waals surface area contributed by atoms with Crippen LogP contribution >= 0.6 is 0 Å². The van der Waals surface area contributed by atoms with Crippen molar-refractivity contribution in [3.05, 3.63) is 102 Å². The molecule has 0 unspecified atom stereocenters. The Hall–Kier alpha value is -3.93. The van der Waals surface area contributed by atoms with Gasteiger partial charge < -0.3 is 10.3 Å². The van der Waals surface area contributed by atoms with E-state index in [1.807, 2.05) is 41.1 Å². The van der Waals surface area contributed by atoms with Crippen LogP contribution in [0.3, 0.4) is 0 Å². The SMILES string of the molecule is Nc1ccc(C(=O)NN=Cc2cn(Cc3cccc(F)c3)c3ccccc23)cc1. The first-order valence-electron chi connectivity index (χ1n) is 9.11. The smallest absolute Gasteiger partial charge is 0.271 e. The molecule has 0 aliphatic carbocycles. The lowest BCUT2D eigenvalue weighted by molar-refractivity contribution is 0.0955. The van der Waals surface area contributed by atoms with Crippen LogP contribution in [-0.4, -0.2) is 16.7 Å². The number of nitrogen functional groups attached to an aromatic ring is 1. The number of rotatable bonds is 5. The molecule has 0 saturated heterocycles. The molecule has 0 atom stereocenters. The Kier molecular flexibility index (Phi) is 5.07. The highest BCUT2D eigenvalue weighted by molar-refractivity contribution is 6.00. The van der Waals surface area contributed by atoms with Gasteiger partial charge >= 0.3 is 0 Å². The Balaban J connectivity index is 1.56. The first kappa shape index (κ1) is 18.4. The summed E-state index contributed by atoms with van der Waals surface area (Å²) in [4.78, 5) is 12.2. The van der Waals surface area contributed by atoms with E-state index in [1.54, 1.807) is 36.5 Å². The van der Waals surface area contributed by atoms with Crippen LogP contribution in [0.1, 0.15) is 21.5 Å². The van der Waals surface area contributed by atoms with Crippen molar-refractivity contribution in [2.75, 3.05) is 5.73 Å². The summed E-state index contributed by atoms with van der Waals surface area (Å²) in [7, 11) is 0. The van der Waals surface area contributed by atoms with Crippen molar-refractivity contribution >= 4 is 28.7 Å². The maximum absolute atomic E-state index is 13.5. The molecule has 1 amide bonds. The molecule has 0 spiro atoms. The average Bonchev–Trinajstić information content (AvgIpc) is 3.06. The number of anilines is 1. The summed E-state index contributed by atoms with van der Waals surface area (Å²) in [6.45, 7) is 0.532. The van der Waals surface area contributed by atoms with Crippen LogP contribution in [0.2, 0.25) is 0 Å². The highest BCUT2D eigenvalue weighted by Crippen LogP contribution is 2.21. The van der Waals surface area contributed by atoms with E-state index < -0.39 is 0 Å². The summed E-state index contributed by atoms with van der Waals surface area (Å²) in [6.07, 6.45) is 3.55. The fraction of sp³-hybridized carbons (Fsp3) is 0.0435. The third kappa shape index (κ3) is 4.16. The van der Waals surface area contributed by atoms with E-state index in [0.29, 0.717) is 17.8 Å². The van der Waals surface area contributed by atoms with Crippen LogP contribution in [0, 0.1) is 5.82 Å². The summed E-state index contributed by atoms with van der Waals surface area (Å²) >= 11 is 0. The van der Waals surface area contributed by atoms with Gasteiger partial charge in [-0.3, -0.25) is 4.79 Å². The standard InChI is InChI=1S/C23H19FN4O/c24-19-5-3-4-16(12-19)14-28-15-18(21-6-1-2-7-22(21)28)13-26-27-23(29)17-8-10-20(25)11-9-17/h1-13,15H,14,25H2,(H,27,29). The van der Waals surface area contributed by atoms with Gasteiger partial charge in [-0.15, -0.1) is 0 Å². The number of hydrazone groups is 1. The summed E-state index contributed by atoms with van der Waals surface area (Å²) in [5.74, 6) is -0.573. The zero-order valence-corrected chi connectivity index (χ0v) is 15.5. The zero-order valence-electron chi connectivity index (χ0n) is 15.5. The van der Waals surface area contributed by atoms with Gasteiger partial charge in [0.2, 0.25) is 0 Å². The molecule has 0 aliphatic rings. The molecular weight excluding hydrogens is 367 g/mol. The molecule has 6 heteroatoms. The average molecular weight is 386 g/mol. The number of benzene rings is 3. The second-order valence-electron chi connectivity index (χ2n) is 6.68. The number of hydrogen-bond donors (Lipinski definition) is 2. The fourth-order valence-electron chi connectivity index (χ4n) is 3.20. The molecule has 0 aliphatic heterocycles. The van der Waals surface area contributed by atoms with Crippen molar-refractivity contribution in [3.8, 4) is 0 Å². The van der Waals surface area contributed by atoms with Gasteiger partial charge in [0.05, 0.1) is 6.21 Å². The fourth-order valence-corrected chi connectivity index (χ4v) is 3.20. The van der Waals surface area contributed by atoms with E-state index in [0.717, 1.165) is 22.0 Å². The molecule has 1 aromatic heterocycles. The minimum absolute atomic E-state index is 0.258. The normalized spacial score (nSPS) is 11.2. The van der Waals surface area contributed by atoms with Gasteiger partial charge in [-0.2, -0.15) is 5.10 Å². The van der Waals surface area contributed by atoms with Crippen molar-refractivity contribution < 1.29 is 9.18 Å². The number of fused-ring (bicyclic) bond motifs is 1. The van der Waals surface area contributed by atoms with Crippen LogP contribution in [0.5, 0.6) is 0 Å². The minimum Gasteiger partial charge on any atom is -0.399 e. The number of para-hydroxylation sites is 1. The summed E-state index contributed by atoms with van der Waals surface area (Å²) in [5.41, 5.74) is 12.0. The monoisotopic (exact) mass is 386 g/mol. The molecule has 3 aromatic carbocycles. The number of nitrogens with one attached hydrogen (secondary N) is 1. The van der Waals surface area contributed by atoms with E-state index >= 15 is 0 Å². The van der Waals surface area contributed by atoms with E-state index in [-0.39, 0.29) is 11.7 Å². The third-order valence-corrected chi connectivity index (χ3v) is 4.60. The molecule has 5 nitrogen and oxygen atoms in total. The number of amides is 1. The van der Waals surface area contributed by atoms with Crippen molar-refractivity contribution in [1.29, 1.82) is 0 Å². The van der Waals surface area contributed by atoms with Gasteiger partial charge in [-0.05, 0) is 48.0 Å². The Morgan fingerprint density at radius 1 is 1.07 bits per heavy atom. The van der Waals surface area contributed by atoms with Crippen molar-refractivity contribution in [1.82, 2.24) is 9.99 Å². The van der Waals surface area contributed by atoms with Crippen molar-refractivity contribution in [3.63, 3.8) is 0 Å². The quantitative estimate of drug-likeness (QED) is 0.307. The first-order chi connectivity index (χ1) is 14.1. The molecule has 0 saturated carbocycles. The van der Waals surface area contributed by atoms with Crippen molar-refractivity contribution in [2.24, 2.45) is 5.10 Å². The van der Waals surface area contributed by atoms with Gasteiger partial charge in [0.1, 0.15) is 5.82 Å². The lowest BCUT2D eigenvalue weighted by atomic mass is 10.2. The molecule has 0 fully saturated rings. The van der Waals surface area contributed by atoms with Crippen LogP contribution in [-0.2, 0) is 6.54 Å².